The molecular weight excluding hydrogens is 274 g/mol. The van der Waals surface area contributed by atoms with Gasteiger partial charge in [-0.05, 0) is 38.1 Å². The number of piperidine rings is 1. The van der Waals surface area contributed by atoms with Crippen LogP contribution in [0.15, 0.2) is 18.3 Å². The molecule has 1 fully saturated rings. The van der Waals surface area contributed by atoms with Gasteiger partial charge >= 0.3 is 5.97 Å². The van der Waals surface area contributed by atoms with E-state index in [1.807, 2.05) is 16.8 Å². The van der Waals surface area contributed by atoms with Gasteiger partial charge in [-0.3, -0.25) is 4.79 Å². The van der Waals surface area contributed by atoms with E-state index in [9.17, 15) is 9.59 Å². The van der Waals surface area contributed by atoms with Gasteiger partial charge in [0.05, 0.1) is 6.61 Å². The van der Waals surface area contributed by atoms with Crippen LogP contribution in [0, 0.1) is 0 Å². The highest BCUT2D eigenvalue weighted by Gasteiger charge is 2.24. The van der Waals surface area contributed by atoms with E-state index < -0.39 is 12.0 Å². The van der Waals surface area contributed by atoms with E-state index in [2.05, 4.69) is 10.6 Å². The number of carbonyl (C=O) groups excluding carboxylic acids is 1. The number of methoxy groups -OCH3 is 1. The van der Waals surface area contributed by atoms with E-state index in [0.717, 1.165) is 25.9 Å². The van der Waals surface area contributed by atoms with Gasteiger partial charge in [0.2, 0.25) is 0 Å². The topological polar surface area (TPSA) is 92.6 Å². The van der Waals surface area contributed by atoms with E-state index in [4.69, 9.17) is 9.84 Å². The van der Waals surface area contributed by atoms with Crippen molar-refractivity contribution in [2.24, 2.45) is 0 Å². The van der Waals surface area contributed by atoms with Gasteiger partial charge in [-0.15, -0.1) is 0 Å². The molecule has 0 aliphatic carbocycles. The molecule has 0 radical (unpaired) electrons. The Kier molecular flexibility index (Phi) is 5.35. The summed E-state index contributed by atoms with van der Waals surface area (Å²) in [4.78, 5) is 23.4. The lowest BCUT2D eigenvalue weighted by atomic mass is 10.1. The summed E-state index contributed by atoms with van der Waals surface area (Å²) in [5.74, 6) is -1.49. The second-order valence-corrected chi connectivity index (χ2v) is 5.10. The van der Waals surface area contributed by atoms with Gasteiger partial charge in [0, 0.05) is 19.3 Å². The normalized spacial score (nSPS) is 17.4. The molecular formula is C14H21N3O4. The van der Waals surface area contributed by atoms with Crippen molar-refractivity contribution < 1.29 is 19.4 Å². The van der Waals surface area contributed by atoms with Crippen molar-refractivity contribution in [2.45, 2.75) is 24.9 Å². The zero-order chi connectivity index (χ0) is 15.2. The number of hydrogen-bond donors (Lipinski definition) is 3. The number of hydrogen-bond acceptors (Lipinski definition) is 4. The average molecular weight is 295 g/mol. The molecule has 1 amide bonds. The van der Waals surface area contributed by atoms with Crippen LogP contribution in [0.3, 0.4) is 0 Å². The van der Waals surface area contributed by atoms with E-state index in [1.165, 1.54) is 7.11 Å². The van der Waals surface area contributed by atoms with Crippen LogP contribution in [0.1, 0.15) is 29.4 Å². The zero-order valence-corrected chi connectivity index (χ0v) is 12.0. The highest BCUT2D eigenvalue weighted by molar-refractivity contribution is 5.95. The Morgan fingerprint density at radius 1 is 1.52 bits per heavy atom. The van der Waals surface area contributed by atoms with E-state index >= 15 is 0 Å². The summed E-state index contributed by atoms with van der Waals surface area (Å²) in [5, 5.41) is 14.8. The number of carbonyl (C=O) groups is 2. The van der Waals surface area contributed by atoms with Crippen molar-refractivity contribution >= 4 is 11.9 Å². The van der Waals surface area contributed by atoms with E-state index in [-0.39, 0.29) is 18.6 Å². The summed E-state index contributed by atoms with van der Waals surface area (Å²) in [5.41, 5.74) is 0.490. The third kappa shape index (κ3) is 3.83. The Morgan fingerprint density at radius 2 is 2.24 bits per heavy atom. The molecule has 7 nitrogen and oxygen atoms in total. The quantitative estimate of drug-likeness (QED) is 0.699. The lowest BCUT2D eigenvalue weighted by Crippen LogP contribution is -2.44. The first-order valence-corrected chi connectivity index (χ1v) is 7.03. The van der Waals surface area contributed by atoms with Gasteiger partial charge in [0.1, 0.15) is 5.69 Å². The average Bonchev–Trinajstić information content (AvgIpc) is 2.97. The first-order valence-electron chi connectivity index (χ1n) is 7.03. The molecule has 21 heavy (non-hydrogen) atoms. The fourth-order valence-corrected chi connectivity index (χ4v) is 2.56. The second kappa shape index (κ2) is 7.24. The SMILES string of the molecule is COCC(NC(=O)c1cccn1C1CCNCC1)C(=O)O. The third-order valence-corrected chi connectivity index (χ3v) is 3.65. The van der Waals surface area contributed by atoms with Crippen LogP contribution in [0.5, 0.6) is 0 Å². The Bertz CT molecular complexity index is 494. The van der Waals surface area contributed by atoms with Crippen LogP contribution in [-0.4, -0.2) is 54.4 Å². The fraction of sp³-hybridized carbons (Fsp3) is 0.571. The molecule has 1 aromatic heterocycles. The molecule has 1 saturated heterocycles. The molecule has 0 spiro atoms. The van der Waals surface area contributed by atoms with Crippen LogP contribution in [0.25, 0.3) is 0 Å². The number of rotatable bonds is 6. The summed E-state index contributed by atoms with van der Waals surface area (Å²) >= 11 is 0. The fourth-order valence-electron chi connectivity index (χ4n) is 2.56. The highest BCUT2D eigenvalue weighted by atomic mass is 16.5. The van der Waals surface area contributed by atoms with Gasteiger partial charge < -0.3 is 25.0 Å². The van der Waals surface area contributed by atoms with Crippen molar-refractivity contribution in [1.82, 2.24) is 15.2 Å². The first kappa shape index (κ1) is 15.5. The molecule has 7 heteroatoms. The number of carboxylic acid groups (broad SMARTS) is 1. The lowest BCUT2D eigenvalue weighted by Gasteiger charge is -2.26. The van der Waals surface area contributed by atoms with Gasteiger partial charge in [-0.1, -0.05) is 0 Å². The van der Waals surface area contributed by atoms with Gasteiger partial charge in [-0.2, -0.15) is 0 Å². The standard InChI is InChI=1S/C14H21N3O4/c1-21-9-11(14(19)20)16-13(18)12-3-2-8-17(12)10-4-6-15-7-5-10/h2-3,8,10-11,15H,4-7,9H2,1H3,(H,16,18)(H,19,20). The third-order valence-electron chi connectivity index (χ3n) is 3.65. The van der Waals surface area contributed by atoms with Crippen molar-refractivity contribution in [3.8, 4) is 0 Å². The maximum atomic E-state index is 12.3. The van der Waals surface area contributed by atoms with Crippen LogP contribution in [0.2, 0.25) is 0 Å². The van der Waals surface area contributed by atoms with Crippen molar-refractivity contribution in [1.29, 1.82) is 0 Å². The molecule has 1 aliphatic rings. The van der Waals surface area contributed by atoms with E-state index in [1.54, 1.807) is 6.07 Å². The monoisotopic (exact) mass is 295 g/mol. The predicted octanol–water partition coefficient (Wildman–Crippen LogP) is 0.242. The van der Waals surface area contributed by atoms with Crippen molar-refractivity contribution in [2.75, 3.05) is 26.8 Å². The Labute approximate surface area is 123 Å². The smallest absolute Gasteiger partial charge is 0.328 e. The Morgan fingerprint density at radius 3 is 2.86 bits per heavy atom. The summed E-state index contributed by atoms with van der Waals surface area (Å²) in [6.45, 7) is 1.78. The lowest BCUT2D eigenvalue weighted by molar-refractivity contribution is -0.140. The minimum absolute atomic E-state index is 0.0604. The minimum atomic E-state index is -1.11. The highest BCUT2D eigenvalue weighted by Crippen LogP contribution is 2.21. The van der Waals surface area contributed by atoms with Crippen LogP contribution >= 0.6 is 0 Å². The number of ether oxygens (including phenoxy) is 1. The molecule has 0 saturated carbocycles. The van der Waals surface area contributed by atoms with Crippen LogP contribution in [0.4, 0.5) is 0 Å². The summed E-state index contributed by atoms with van der Waals surface area (Å²) in [7, 11) is 1.40. The number of nitrogens with one attached hydrogen (secondary N) is 2. The molecule has 0 aromatic carbocycles. The van der Waals surface area contributed by atoms with Gasteiger partial charge in [-0.25, -0.2) is 4.79 Å². The Balaban J connectivity index is 2.08. The van der Waals surface area contributed by atoms with Crippen molar-refractivity contribution in [3.05, 3.63) is 24.0 Å². The van der Waals surface area contributed by atoms with Crippen LogP contribution in [-0.2, 0) is 9.53 Å². The van der Waals surface area contributed by atoms with Gasteiger partial charge in [0.15, 0.2) is 6.04 Å². The van der Waals surface area contributed by atoms with Crippen molar-refractivity contribution in [3.63, 3.8) is 0 Å². The molecule has 1 unspecified atom stereocenters. The first-order chi connectivity index (χ1) is 10.1. The molecule has 1 aliphatic heterocycles. The predicted molar refractivity (Wildman–Crippen MR) is 76.3 cm³/mol. The Hall–Kier alpha value is -1.86. The number of amides is 1. The minimum Gasteiger partial charge on any atom is -0.480 e. The van der Waals surface area contributed by atoms with E-state index in [0.29, 0.717) is 5.69 Å². The molecule has 3 N–H and O–H groups in total. The second-order valence-electron chi connectivity index (χ2n) is 5.10. The molecule has 2 heterocycles. The van der Waals surface area contributed by atoms with Crippen LogP contribution < -0.4 is 10.6 Å². The number of aliphatic carboxylic acids is 1. The molecule has 1 atom stereocenters. The maximum Gasteiger partial charge on any atom is 0.328 e. The molecule has 116 valence electrons. The summed E-state index contributed by atoms with van der Waals surface area (Å²) in [6, 6.07) is 2.75. The number of aromatic nitrogens is 1. The summed E-state index contributed by atoms with van der Waals surface area (Å²) in [6.07, 6.45) is 3.78. The molecule has 2 rings (SSSR count). The number of carboxylic acids is 1. The largest absolute Gasteiger partial charge is 0.480 e. The number of nitrogens with zero attached hydrogens (tertiary/aromatic N) is 1. The molecule has 1 aromatic rings. The maximum absolute atomic E-state index is 12.3. The van der Waals surface area contributed by atoms with Gasteiger partial charge in [0.25, 0.3) is 5.91 Å². The zero-order valence-electron chi connectivity index (χ0n) is 12.0. The molecule has 0 bridgehead atoms. The summed E-state index contributed by atoms with van der Waals surface area (Å²) < 4.78 is 6.75.